The van der Waals surface area contributed by atoms with Crippen molar-refractivity contribution in [1.29, 1.82) is 0 Å². The van der Waals surface area contributed by atoms with Gasteiger partial charge in [-0.1, -0.05) is 56.0 Å². The fourth-order valence-corrected chi connectivity index (χ4v) is 4.02. The van der Waals surface area contributed by atoms with Crippen LogP contribution in [-0.4, -0.2) is 21.2 Å². The molecule has 1 unspecified atom stereocenters. The fourth-order valence-electron chi connectivity index (χ4n) is 3.20. The van der Waals surface area contributed by atoms with Crippen LogP contribution < -0.4 is 10.9 Å². The summed E-state index contributed by atoms with van der Waals surface area (Å²) in [6.45, 7) is 8.01. The topological polar surface area (TPSA) is 64.0 Å². The van der Waals surface area contributed by atoms with Crippen LogP contribution in [0.15, 0.2) is 71.1 Å². The number of nitrogens with zero attached hydrogens (tertiary/aromatic N) is 2. The molecule has 1 heterocycles. The van der Waals surface area contributed by atoms with Gasteiger partial charge < -0.3 is 5.32 Å². The molecule has 1 atom stereocenters. The maximum atomic E-state index is 13.2. The van der Waals surface area contributed by atoms with Gasteiger partial charge in [-0.3, -0.25) is 14.2 Å². The second-order valence-electron chi connectivity index (χ2n) is 7.25. The highest BCUT2D eigenvalue weighted by molar-refractivity contribution is 7.99. The van der Waals surface area contributed by atoms with Gasteiger partial charge in [-0.15, -0.1) is 6.58 Å². The summed E-state index contributed by atoms with van der Waals surface area (Å²) in [4.78, 5) is 30.0. The third-order valence-corrected chi connectivity index (χ3v) is 5.66. The molecule has 0 radical (unpaired) electrons. The predicted octanol–water partition coefficient (Wildman–Crippen LogP) is 4.33. The van der Waals surface area contributed by atoms with Gasteiger partial charge in [0.1, 0.15) is 5.82 Å². The SMILES string of the molecule is C=CCn1c(SCC(=O)NC(c2ccc(F)cc2)C(C)C)nc2ccccc2c1=O. The Morgan fingerprint density at radius 1 is 1.23 bits per heavy atom. The van der Waals surface area contributed by atoms with E-state index in [2.05, 4.69) is 16.9 Å². The molecular weight excluding hydrogens is 401 g/mol. The van der Waals surface area contributed by atoms with Crippen molar-refractivity contribution in [3.8, 4) is 0 Å². The number of amides is 1. The maximum Gasteiger partial charge on any atom is 0.262 e. The number of benzene rings is 2. The van der Waals surface area contributed by atoms with Crippen molar-refractivity contribution in [2.75, 3.05) is 5.75 Å². The van der Waals surface area contributed by atoms with E-state index >= 15 is 0 Å². The number of hydrogen-bond donors (Lipinski definition) is 1. The first-order chi connectivity index (χ1) is 14.4. The molecular formula is C23H24FN3O2S. The second kappa shape index (κ2) is 9.71. The summed E-state index contributed by atoms with van der Waals surface area (Å²) in [5.41, 5.74) is 1.28. The van der Waals surface area contributed by atoms with Crippen LogP contribution in [0.5, 0.6) is 0 Å². The summed E-state index contributed by atoms with van der Waals surface area (Å²) in [5.74, 6) is -0.268. The van der Waals surface area contributed by atoms with Crippen molar-refractivity contribution in [2.45, 2.75) is 31.6 Å². The molecule has 5 nitrogen and oxygen atoms in total. The van der Waals surface area contributed by atoms with Crippen LogP contribution in [0.4, 0.5) is 4.39 Å². The summed E-state index contributed by atoms with van der Waals surface area (Å²) in [7, 11) is 0. The van der Waals surface area contributed by atoms with Gasteiger partial charge in [0.25, 0.3) is 5.56 Å². The van der Waals surface area contributed by atoms with E-state index in [1.165, 1.54) is 28.5 Å². The smallest absolute Gasteiger partial charge is 0.262 e. The highest BCUT2D eigenvalue weighted by Crippen LogP contribution is 2.23. The Bertz CT molecular complexity index is 1110. The van der Waals surface area contributed by atoms with Gasteiger partial charge in [-0.25, -0.2) is 9.37 Å². The Balaban J connectivity index is 1.78. The molecule has 7 heteroatoms. The summed E-state index contributed by atoms with van der Waals surface area (Å²) in [6, 6.07) is 13.0. The lowest BCUT2D eigenvalue weighted by Crippen LogP contribution is -2.33. The van der Waals surface area contributed by atoms with Gasteiger partial charge in [-0.2, -0.15) is 0 Å². The van der Waals surface area contributed by atoms with Gasteiger partial charge in [0.15, 0.2) is 5.16 Å². The summed E-state index contributed by atoms with van der Waals surface area (Å²) in [5, 5.41) is 4.01. The molecule has 156 valence electrons. The number of rotatable bonds is 8. The maximum absolute atomic E-state index is 13.2. The van der Waals surface area contributed by atoms with Crippen LogP contribution in [0.1, 0.15) is 25.5 Å². The quantitative estimate of drug-likeness (QED) is 0.332. The third-order valence-electron chi connectivity index (χ3n) is 4.68. The van der Waals surface area contributed by atoms with Crippen molar-refractivity contribution in [3.05, 3.63) is 82.9 Å². The first-order valence-corrected chi connectivity index (χ1v) is 10.7. The van der Waals surface area contributed by atoms with Crippen LogP contribution in [0.3, 0.4) is 0 Å². The second-order valence-corrected chi connectivity index (χ2v) is 8.19. The van der Waals surface area contributed by atoms with Crippen LogP contribution in [-0.2, 0) is 11.3 Å². The fraction of sp³-hybridized carbons (Fsp3) is 0.261. The molecule has 3 aromatic rings. The van der Waals surface area contributed by atoms with Gasteiger partial charge in [-0.05, 0) is 35.7 Å². The highest BCUT2D eigenvalue weighted by Gasteiger charge is 2.19. The summed E-state index contributed by atoms with van der Waals surface area (Å²) in [6.07, 6.45) is 1.63. The number of para-hydroxylation sites is 1. The van der Waals surface area contributed by atoms with Crippen LogP contribution >= 0.6 is 11.8 Å². The molecule has 3 rings (SSSR count). The number of hydrogen-bond acceptors (Lipinski definition) is 4. The first-order valence-electron chi connectivity index (χ1n) is 9.68. The number of aromatic nitrogens is 2. The number of carbonyl (C=O) groups excluding carboxylic acids is 1. The Hall–Kier alpha value is -2.93. The summed E-state index contributed by atoms with van der Waals surface area (Å²) >= 11 is 1.21. The zero-order valence-electron chi connectivity index (χ0n) is 17.0. The normalized spacial score (nSPS) is 12.1. The molecule has 1 aromatic heterocycles. The molecule has 0 aliphatic heterocycles. The van der Waals surface area contributed by atoms with E-state index in [0.29, 0.717) is 22.6 Å². The van der Waals surface area contributed by atoms with Crippen molar-refractivity contribution in [3.63, 3.8) is 0 Å². The Labute approximate surface area is 179 Å². The lowest BCUT2D eigenvalue weighted by Gasteiger charge is -2.23. The van der Waals surface area contributed by atoms with E-state index < -0.39 is 0 Å². The number of allylic oxidation sites excluding steroid dienone is 1. The molecule has 2 aromatic carbocycles. The third kappa shape index (κ3) is 4.97. The average molecular weight is 426 g/mol. The lowest BCUT2D eigenvalue weighted by molar-refractivity contribution is -0.119. The number of carbonyl (C=O) groups is 1. The predicted molar refractivity (Wildman–Crippen MR) is 119 cm³/mol. The molecule has 30 heavy (non-hydrogen) atoms. The van der Waals surface area contributed by atoms with Gasteiger partial charge in [0.2, 0.25) is 5.91 Å². The van der Waals surface area contributed by atoms with Crippen molar-refractivity contribution >= 4 is 28.6 Å². The number of thioether (sulfide) groups is 1. The van der Waals surface area contributed by atoms with E-state index in [1.54, 1.807) is 36.4 Å². The molecule has 0 spiro atoms. The van der Waals surface area contributed by atoms with Crippen LogP contribution in [0.2, 0.25) is 0 Å². The van der Waals surface area contributed by atoms with E-state index in [4.69, 9.17) is 0 Å². The van der Waals surface area contributed by atoms with Gasteiger partial charge >= 0.3 is 0 Å². The highest BCUT2D eigenvalue weighted by atomic mass is 32.2. The monoisotopic (exact) mass is 425 g/mol. The standard InChI is InChI=1S/C23H24FN3O2S/c1-4-13-27-22(29)18-7-5-6-8-19(18)25-23(27)30-14-20(28)26-21(15(2)3)16-9-11-17(24)12-10-16/h4-12,15,21H,1,13-14H2,2-3H3,(H,26,28). The van der Waals surface area contributed by atoms with Crippen LogP contribution in [0, 0.1) is 11.7 Å². The molecule has 0 saturated heterocycles. The molecule has 1 N–H and O–H groups in total. The number of nitrogens with one attached hydrogen (secondary N) is 1. The summed E-state index contributed by atoms with van der Waals surface area (Å²) < 4.78 is 14.8. The van der Waals surface area contributed by atoms with Crippen molar-refractivity contribution in [1.82, 2.24) is 14.9 Å². The minimum atomic E-state index is -0.314. The zero-order valence-corrected chi connectivity index (χ0v) is 17.8. The molecule has 0 aliphatic carbocycles. The van der Waals surface area contributed by atoms with E-state index in [0.717, 1.165) is 5.56 Å². The Morgan fingerprint density at radius 3 is 2.60 bits per heavy atom. The van der Waals surface area contributed by atoms with Gasteiger partial charge in [0.05, 0.1) is 22.7 Å². The van der Waals surface area contributed by atoms with E-state index in [-0.39, 0.29) is 35.0 Å². The van der Waals surface area contributed by atoms with E-state index in [1.807, 2.05) is 19.9 Å². The minimum absolute atomic E-state index is 0.104. The van der Waals surface area contributed by atoms with E-state index in [9.17, 15) is 14.0 Å². The Kier molecular flexibility index (Phi) is 7.05. The molecule has 1 amide bonds. The zero-order chi connectivity index (χ0) is 21.7. The molecule has 0 bridgehead atoms. The first kappa shape index (κ1) is 21.8. The molecule has 0 aliphatic rings. The van der Waals surface area contributed by atoms with Crippen molar-refractivity contribution < 1.29 is 9.18 Å². The molecule has 0 fully saturated rings. The van der Waals surface area contributed by atoms with Gasteiger partial charge in [0, 0.05) is 6.54 Å². The minimum Gasteiger partial charge on any atom is -0.348 e. The largest absolute Gasteiger partial charge is 0.348 e. The molecule has 0 saturated carbocycles. The number of fused-ring (bicyclic) bond motifs is 1. The lowest BCUT2D eigenvalue weighted by atomic mass is 9.96. The van der Waals surface area contributed by atoms with Crippen molar-refractivity contribution in [2.24, 2.45) is 5.92 Å². The van der Waals surface area contributed by atoms with Crippen LogP contribution in [0.25, 0.3) is 10.9 Å². The Morgan fingerprint density at radius 2 is 1.93 bits per heavy atom. The number of halogens is 1. The average Bonchev–Trinajstić information content (AvgIpc) is 2.73.